The predicted molar refractivity (Wildman–Crippen MR) is 77.1 cm³/mol. The van der Waals surface area contributed by atoms with Gasteiger partial charge in [0.25, 0.3) is 0 Å². The molecule has 0 aliphatic heterocycles. The number of rotatable bonds is 7. The van der Waals surface area contributed by atoms with Crippen molar-refractivity contribution in [1.82, 2.24) is 9.78 Å². The zero-order valence-corrected chi connectivity index (χ0v) is 12.7. The second kappa shape index (κ2) is 5.95. The van der Waals surface area contributed by atoms with Crippen molar-refractivity contribution in [2.75, 3.05) is 13.7 Å². The van der Waals surface area contributed by atoms with Crippen molar-refractivity contribution in [3.8, 4) is 0 Å². The van der Waals surface area contributed by atoms with E-state index in [2.05, 4.69) is 18.1 Å². The molecule has 112 valence electrons. The van der Waals surface area contributed by atoms with Gasteiger partial charge in [-0.25, -0.2) is 0 Å². The van der Waals surface area contributed by atoms with Gasteiger partial charge in [0.05, 0.1) is 18.2 Å². The number of methoxy groups -OCH3 is 1. The third kappa shape index (κ3) is 3.03. The van der Waals surface area contributed by atoms with Gasteiger partial charge >= 0.3 is 5.97 Å². The van der Waals surface area contributed by atoms with Crippen molar-refractivity contribution >= 4 is 5.97 Å². The molecule has 1 aliphatic carbocycles. The van der Waals surface area contributed by atoms with E-state index < -0.39 is 5.41 Å². The van der Waals surface area contributed by atoms with Crippen LogP contribution in [0, 0.1) is 11.3 Å². The van der Waals surface area contributed by atoms with Crippen molar-refractivity contribution in [3.05, 3.63) is 17.5 Å². The Kier molecular flexibility index (Phi) is 4.48. The first-order valence-corrected chi connectivity index (χ1v) is 7.35. The van der Waals surface area contributed by atoms with Crippen molar-refractivity contribution in [2.24, 2.45) is 24.1 Å². The summed E-state index contributed by atoms with van der Waals surface area (Å²) in [7, 11) is 3.37. The van der Waals surface area contributed by atoms with Crippen LogP contribution in [0.2, 0.25) is 0 Å². The molecule has 5 heteroatoms. The zero-order chi connectivity index (χ0) is 14.8. The molecule has 1 fully saturated rings. The van der Waals surface area contributed by atoms with E-state index in [-0.39, 0.29) is 5.97 Å². The van der Waals surface area contributed by atoms with Crippen LogP contribution in [-0.4, -0.2) is 29.4 Å². The fourth-order valence-electron chi connectivity index (χ4n) is 2.81. The van der Waals surface area contributed by atoms with Gasteiger partial charge in [0.1, 0.15) is 0 Å². The van der Waals surface area contributed by atoms with E-state index in [1.54, 1.807) is 0 Å². The highest BCUT2D eigenvalue weighted by atomic mass is 16.5. The topological polar surface area (TPSA) is 70.1 Å². The summed E-state index contributed by atoms with van der Waals surface area (Å²) in [6, 6.07) is 2.07. The van der Waals surface area contributed by atoms with Crippen molar-refractivity contribution < 1.29 is 9.53 Å². The molecule has 1 aromatic rings. The summed E-state index contributed by atoms with van der Waals surface area (Å²) < 4.78 is 6.89. The molecule has 0 amide bonds. The summed E-state index contributed by atoms with van der Waals surface area (Å²) >= 11 is 0. The van der Waals surface area contributed by atoms with Gasteiger partial charge in [-0.1, -0.05) is 19.8 Å². The minimum atomic E-state index is -0.602. The van der Waals surface area contributed by atoms with E-state index in [0.717, 1.165) is 24.2 Å². The molecule has 0 spiro atoms. The van der Waals surface area contributed by atoms with Gasteiger partial charge in [0.2, 0.25) is 0 Å². The Balaban J connectivity index is 2.25. The molecule has 0 radical (unpaired) electrons. The maximum absolute atomic E-state index is 12.3. The van der Waals surface area contributed by atoms with E-state index in [0.29, 0.717) is 18.9 Å². The molecule has 20 heavy (non-hydrogen) atoms. The summed E-state index contributed by atoms with van der Waals surface area (Å²) in [6.45, 7) is 2.40. The quantitative estimate of drug-likeness (QED) is 0.767. The number of aryl methyl sites for hydroxylation is 2. The molecule has 1 heterocycles. The lowest BCUT2D eigenvalue weighted by Gasteiger charge is -2.29. The van der Waals surface area contributed by atoms with Gasteiger partial charge in [0.15, 0.2) is 0 Å². The summed E-state index contributed by atoms with van der Waals surface area (Å²) in [5, 5.41) is 4.45. The summed E-state index contributed by atoms with van der Waals surface area (Å²) in [5.74, 6) is 0.433. The van der Waals surface area contributed by atoms with Crippen LogP contribution in [0.4, 0.5) is 0 Å². The average molecular weight is 279 g/mol. The van der Waals surface area contributed by atoms with Crippen LogP contribution in [0.5, 0.6) is 0 Å². The van der Waals surface area contributed by atoms with Gasteiger partial charge in [-0.3, -0.25) is 9.48 Å². The van der Waals surface area contributed by atoms with Crippen LogP contribution in [0.3, 0.4) is 0 Å². The second-order valence-corrected chi connectivity index (χ2v) is 5.90. The molecular formula is C15H25N3O2. The SMILES string of the molecule is CCc1cc(CC(CN)(CC2CC2)C(=O)OC)n(C)n1. The van der Waals surface area contributed by atoms with Gasteiger partial charge in [-0.15, -0.1) is 0 Å². The first kappa shape index (κ1) is 15.0. The number of aromatic nitrogens is 2. The first-order chi connectivity index (χ1) is 9.54. The largest absolute Gasteiger partial charge is 0.469 e. The maximum atomic E-state index is 12.3. The number of nitrogens with two attached hydrogens (primary N) is 1. The van der Waals surface area contributed by atoms with E-state index in [4.69, 9.17) is 10.5 Å². The predicted octanol–water partition coefficient (Wildman–Crippen LogP) is 1.44. The van der Waals surface area contributed by atoms with Gasteiger partial charge in [0, 0.05) is 25.7 Å². The third-order valence-electron chi connectivity index (χ3n) is 4.29. The van der Waals surface area contributed by atoms with Crippen LogP contribution in [0.15, 0.2) is 6.07 Å². The molecule has 5 nitrogen and oxygen atoms in total. The minimum absolute atomic E-state index is 0.189. The molecular weight excluding hydrogens is 254 g/mol. The van der Waals surface area contributed by atoms with Gasteiger partial charge in [-0.05, 0) is 24.8 Å². The van der Waals surface area contributed by atoms with E-state index in [1.807, 2.05) is 11.7 Å². The lowest BCUT2D eigenvalue weighted by molar-refractivity contribution is -0.153. The highest BCUT2D eigenvalue weighted by molar-refractivity contribution is 5.77. The molecule has 1 aromatic heterocycles. The van der Waals surface area contributed by atoms with Gasteiger partial charge in [-0.2, -0.15) is 5.10 Å². The first-order valence-electron chi connectivity index (χ1n) is 7.35. The standard InChI is InChI=1S/C15H25N3O2/c1-4-12-7-13(18(2)17-12)9-15(10-16,14(19)20-3)8-11-5-6-11/h7,11H,4-6,8-10,16H2,1-3H3. The van der Waals surface area contributed by atoms with Crippen LogP contribution < -0.4 is 5.73 Å². The Bertz CT molecular complexity index is 479. The van der Waals surface area contributed by atoms with E-state index in [9.17, 15) is 4.79 Å². The number of nitrogens with zero attached hydrogens (tertiary/aromatic N) is 2. The molecule has 1 unspecified atom stereocenters. The number of carbonyl (C=O) groups excluding carboxylic acids is 1. The number of ether oxygens (including phenoxy) is 1. The van der Waals surface area contributed by atoms with E-state index >= 15 is 0 Å². The van der Waals surface area contributed by atoms with E-state index in [1.165, 1.54) is 20.0 Å². The number of carbonyl (C=O) groups is 1. The molecule has 0 saturated heterocycles. The Morgan fingerprint density at radius 3 is 2.75 bits per heavy atom. The van der Waals surface area contributed by atoms with Crippen molar-refractivity contribution in [3.63, 3.8) is 0 Å². The minimum Gasteiger partial charge on any atom is -0.469 e. The molecule has 1 aliphatic rings. The lowest BCUT2D eigenvalue weighted by atomic mass is 9.78. The monoisotopic (exact) mass is 279 g/mol. The number of hydrogen-bond acceptors (Lipinski definition) is 4. The Labute approximate surface area is 120 Å². The second-order valence-electron chi connectivity index (χ2n) is 5.90. The van der Waals surface area contributed by atoms with Crippen molar-refractivity contribution in [2.45, 2.75) is 39.0 Å². The zero-order valence-electron chi connectivity index (χ0n) is 12.7. The molecule has 2 N–H and O–H groups in total. The number of hydrogen-bond donors (Lipinski definition) is 1. The Morgan fingerprint density at radius 1 is 1.60 bits per heavy atom. The highest BCUT2D eigenvalue weighted by Crippen LogP contribution is 2.42. The summed E-state index contributed by atoms with van der Waals surface area (Å²) in [4.78, 5) is 12.3. The molecule has 0 bridgehead atoms. The molecule has 0 aromatic carbocycles. The average Bonchev–Trinajstić information content (AvgIpc) is 3.20. The summed E-state index contributed by atoms with van der Waals surface area (Å²) in [6.07, 6.45) is 4.72. The molecule has 1 atom stereocenters. The van der Waals surface area contributed by atoms with Crippen LogP contribution in [0.1, 0.15) is 37.6 Å². The van der Waals surface area contributed by atoms with Crippen LogP contribution in [0.25, 0.3) is 0 Å². The smallest absolute Gasteiger partial charge is 0.313 e. The van der Waals surface area contributed by atoms with Gasteiger partial charge < -0.3 is 10.5 Å². The number of esters is 1. The summed E-state index contributed by atoms with van der Waals surface area (Å²) in [5.41, 5.74) is 7.46. The fourth-order valence-corrected chi connectivity index (χ4v) is 2.81. The van der Waals surface area contributed by atoms with Crippen LogP contribution in [-0.2, 0) is 29.4 Å². The van der Waals surface area contributed by atoms with Crippen LogP contribution >= 0.6 is 0 Å². The Hall–Kier alpha value is -1.36. The molecule has 2 rings (SSSR count). The lowest BCUT2D eigenvalue weighted by Crippen LogP contribution is -2.42. The Morgan fingerprint density at radius 2 is 2.30 bits per heavy atom. The van der Waals surface area contributed by atoms with Crippen molar-refractivity contribution in [1.29, 1.82) is 0 Å². The third-order valence-corrected chi connectivity index (χ3v) is 4.29. The fraction of sp³-hybridized carbons (Fsp3) is 0.733. The normalized spacial score (nSPS) is 17.8. The molecule has 1 saturated carbocycles. The maximum Gasteiger partial charge on any atom is 0.313 e. The highest BCUT2D eigenvalue weighted by Gasteiger charge is 2.43.